The lowest BCUT2D eigenvalue weighted by Crippen LogP contribution is -2.50. The summed E-state index contributed by atoms with van der Waals surface area (Å²) in [4.78, 5) is 32.9. The highest BCUT2D eigenvalue weighted by molar-refractivity contribution is 5.98. The molecule has 1 aromatic carbocycles. The number of amides is 2. The first kappa shape index (κ1) is 18.6. The molecule has 28 heavy (non-hydrogen) atoms. The SMILES string of the molecule is CCN1CCN(c2ccc(-c3c(C)ccc(C(N)=O)c3C3CC3)cn2)C(=O)C1. The number of rotatable bonds is 5. The van der Waals surface area contributed by atoms with E-state index >= 15 is 0 Å². The number of nitrogens with zero attached hydrogens (tertiary/aromatic N) is 3. The molecule has 0 spiro atoms. The Morgan fingerprint density at radius 2 is 2.00 bits per heavy atom. The highest BCUT2D eigenvalue weighted by atomic mass is 16.2. The molecule has 0 radical (unpaired) electrons. The van der Waals surface area contributed by atoms with Gasteiger partial charge in [-0.1, -0.05) is 13.0 Å². The summed E-state index contributed by atoms with van der Waals surface area (Å²) in [6, 6.07) is 7.69. The number of primary amides is 1. The molecule has 1 aliphatic heterocycles. The van der Waals surface area contributed by atoms with Crippen LogP contribution in [0, 0.1) is 6.92 Å². The van der Waals surface area contributed by atoms with Crippen molar-refractivity contribution in [3.63, 3.8) is 0 Å². The van der Waals surface area contributed by atoms with Crippen molar-refractivity contribution >= 4 is 17.6 Å². The number of aromatic nitrogens is 1. The van der Waals surface area contributed by atoms with Gasteiger partial charge in [0.15, 0.2) is 0 Å². The minimum Gasteiger partial charge on any atom is -0.366 e. The maximum Gasteiger partial charge on any atom is 0.249 e. The molecule has 2 amide bonds. The highest BCUT2D eigenvalue weighted by Crippen LogP contribution is 2.47. The molecule has 0 unspecified atom stereocenters. The molecule has 2 aromatic rings. The lowest BCUT2D eigenvalue weighted by Gasteiger charge is -2.33. The van der Waals surface area contributed by atoms with Gasteiger partial charge in [0.2, 0.25) is 11.8 Å². The van der Waals surface area contributed by atoms with Gasteiger partial charge in [-0.25, -0.2) is 4.98 Å². The van der Waals surface area contributed by atoms with Gasteiger partial charge in [0, 0.05) is 30.4 Å². The van der Waals surface area contributed by atoms with Crippen molar-refractivity contribution in [1.82, 2.24) is 9.88 Å². The number of pyridine rings is 1. The minimum atomic E-state index is -0.382. The summed E-state index contributed by atoms with van der Waals surface area (Å²) >= 11 is 0. The zero-order valence-electron chi connectivity index (χ0n) is 16.4. The first-order valence-electron chi connectivity index (χ1n) is 9.92. The van der Waals surface area contributed by atoms with Crippen LogP contribution in [0.1, 0.15) is 47.2 Å². The van der Waals surface area contributed by atoms with Gasteiger partial charge in [0.25, 0.3) is 0 Å². The van der Waals surface area contributed by atoms with Gasteiger partial charge in [0.1, 0.15) is 5.82 Å². The van der Waals surface area contributed by atoms with Gasteiger partial charge in [-0.2, -0.15) is 0 Å². The number of anilines is 1. The van der Waals surface area contributed by atoms with Gasteiger partial charge >= 0.3 is 0 Å². The zero-order valence-corrected chi connectivity index (χ0v) is 16.4. The van der Waals surface area contributed by atoms with E-state index in [1.807, 2.05) is 37.4 Å². The molecular weight excluding hydrogens is 352 g/mol. The maximum absolute atomic E-state index is 12.4. The highest BCUT2D eigenvalue weighted by Gasteiger charge is 2.31. The average molecular weight is 378 g/mol. The van der Waals surface area contributed by atoms with Gasteiger partial charge in [0.05, 0.1) is 6.54 Å². The predicted octanol–water partition coefficient (Wildman–Crippen LogP) is 2.70. The van der Waals surface area contributed by atoms with E-state index in [1.165, 1.54) is 0 Å². The standard InChI is InChI=1S/C22H26N4O2/c1-3-25-10-11-26(19(27)13-25)18-9-7-16(12-24-18)20-14(2)4-8-17(22(23)28)21(20)15-5-6-15/h4,7-9,12,15H,3,5-6,10-11,13H2,1-2H3,(H2,23,28). The number of likely N-dealkylation sites (N-methyl/N-ethyl adjacent to an activating group) is 1. The van der Waals surface area contributed by atoms with Crippen LogP contribution in [0.2, 0.25) is 0 Å². The maximum atomic E-state index is 12.4. The second kappa shape index (κ2) is 7.36. The van der Waals surface area contributed by atoms with Gasteiger partial charge < -0.3 is 5.73 Å². The Morgan fingerprint density at radius 3 is 2.57 bits per heavy atom. The second-order valence-electron chi connectivity index (χ2n) is 7.68. The van der Waals surface area contributed by atoms with Crippen molar-refractivity contribution in [3.05, 3.63) is 47.2 Å². The third-order valence-corrected chi connectivity index (χ3v) is 5.76. The van der Waals surface area contributed by atoms with Crippen molar-refractivity contribution in [2.45, 2.75) is 32.6 Å². The van der Waals surface area contributed by atoms with E-state index in [2.05, 4.69) is 16.8 Å². The zero-order chi connectivity index (χ0) is 19.8. The number of benzene rings is 1. The van der Waals surface area contributed by atoms with E-state index in [4.69, 9.17) is 5.73 Å². The van der Waals surface area contributed by atoms with Crippen molar-refractivity contribution in [2.75, 3.05) is 31.1 Å². The molecule has 1 saturated carbocycles. The topological polar surface area (TPSA) is 79.5 Å². The fourth-order valence-corrected chi connectivity index (χ4v) is 4.05. The molecule has 6 heteroatoms. The van der Waals surface area contributed by atoms with Crippen molar-refractivity contribution in [3.8, 4) is 11.1 Å². The predicted molar refractivity (Wildman–Crippen MR) is 109 cm³/mol. The number of piperazine rings is 1. The molecule has 2 aliphatic rings. The molecule has 2 N–H and O–H groups in total. The van der Waals surface area contributed by atoms with Crippen LogP contribution in [0.4, 0.5) is 5.82 Å². The lowest BCUT2D eigenvalue weighted by molar-refractivity contribution is -0.121. The third kappa shape index (κ3) is 3.40. The van der Waals surface area contributed by atoms with Crippen LogP contribution < -0.4 is 10.6 Å². The summed E-state index contributed by atoms with van der Waals surface area (Å²) in [6.45, 7) is 6.94. The van der Waals surface area contributed by atoms with Gasteiger partial charge in [-0.3, -0.25) is 19.4 Å². The Labute approximate surface area is 165 Å². The Morgan fingerprint density at radius 1 is 1.21 bits per heavy atom. The Kier molecular flexibility index (Phi) is 4.89. The molecular formula is C22H26N4O2. The molecule has 0 bridgehead atoms. The normalized spacial score (nSPS) is 17.8. The number of carbonyl (C=O) groups excluding carboxylic acids is 2. The largest absolute Gasteiger partial charge is 0.366 e. The van der Waals surface area contributed by atoms with E-state index in [0.29, 0.717) is 30.4 Å². The number of nitrogens with two attached hydrogens (primary N) is 1. The molecule has 146 valence electrons. The molecule has 1 saturated heterocycles. The Bertz CT molecular complexity index is 919. The van der Waals surface area contributed by atoms with E-state index in [1.54, 1.807) is 4.90 Å². The summed E-state index contributed by atoms with van der Waals surface area (Å²) in [6.07, 6.45) is 3.98. The second-order valence-corrected chi connectivity index (χ2v) is 7.68. The molecule has 2 heterocycles. The lowest BCUT2D eigenvalue weighted by atomic mass is 9.89. The molecule has 2 fully saturated rings. The van der Waals surface area contributed by atoms with Gasteiger partial charge in [-0.05, 0) is 67.1 Å². The molecule has 6 nitrogen and oxygen atoms in total. The minimum absolute atomic E-state index is 0.0823. The number of carbonyl (C=O) groups is 2. The molecule has 1 aromatic heterocycles. The fraction of sp³-hybridized carbons (Fsp3) is 0.409. The van der Waals surface area contributed by atoms with Crippen molar-refractivity contribution in [2.24, 2.45) is 5.73 Å². The van der Waals surface area contributed by atoms with Crippen molar-refractivity contribution < 1.29 is 9.59 Å². The molecule has 0 atom stereocenters. The van der Waals surface area contributed by atoms with Crippen LogP contribution in [0.5, 0.6) is 0 Å². The monoisotopic (exact) mass is 378 g/mol. The van der Waals surface area contributed by atoms with E-state index in [0.717, 1.165) is 48.2 Å². The van der Waals surface area contributed by atoms with Crippen LogP contribution in [0.25, 0.3) is 11.1 Å². The summed E-state index contributed by atoms with van der Waals surface area (Å²) in [5, 5.41) is 0. The summed E-state index contributed by atoms with van der Waals surface area (Å²) in [5.41, 5.74) is 10.4. The summed E-state index contributed by atoms with van der Waals surface area (Å²) in [5.74, 6) is 0.771. The number of aryl methyl sites for hydroxylation is 1. The van der Waals surface area contributed by atoms with E-state index in [9.17, 15) is 9.59 Å². The quantitative estimate of drug-likeness (QED) is 0.868. The Balaban J connectivity index is 1.68. The van der Waals surface area contributed by atoms with Crippen LogP contribution in [-0.2, 0) is 4.79 Å². The smallest absolute Gasteiger partial charge is 0.249 e. The van der Waals surface area contributed by atoms with E-state index in [-0.39, 0.29) is 11.8 Å². The first-order chi connectivity index (χ1) is 13.5. The van der Waals surface area contributed by atoms with E-state index < -0.39 is 0 Å². The fourth-order valence-electron chi connectivity index (χ4n) is 4.05. The first-order valence-corrected chi connectivity index (χ1v) is 9.92. The van der Waals surface area contributed by atoms with Crippen LogP contribution >= 0.6 is 0 Å². The Hall–Kier alpha value is -2.73. The van der Waals surface area contributed by atoms with Crippen LogP contribution in [-0.4, -0.2) is 47.9 Å². The van der Waals surface area contributed by atoms with Crippen LogP contribution in [0.3, 0.4) is 0 Å². The van der Waals surface area contributed by atoms with Gasteiger partial charge in [-0.15, -0.1) is 0 Å². The molecule has 1 aliphatic carbocycles. The van der Waals surface area contributed by atoms with Crippen LogP contribution in [0.15, 0.2) is 30.5 Å². The number of hydrogen-bond donors (Lipinski definition) is 1. The third-order valence-electron chi connectivity index (χ3n) is 5.76. The number of hydrogen-bond acceptors (Lipinski definition) is 4. The summed E-state index contributed by atoms with van der Waals surface area (Å²) in [7, 11) is 0. The van der Waals surface area contributed by atoms with Crippen molar-refractivity contribution in [1.29, 1.82) is 0 Å². The molecule has 4 rings (SSSR count). The average Bonchev–Trinajstić information content (AvgIpc) is 3.52. The summed E-state index contributed by atoms with van der Waals surface area (Å²) < 4.78 is 0.